The second-order valence-corrected chi connectivity index (χ2v) is 4.09. The largest absolute Gasteiger partial charge is 0.550 e. The standard InChI is InChI=1S/C9H15NO6/c1-9(2,3)16-8(15)10-5(7(13)14)4-6(11)12/h5H,4H2,1-3H3,(H,10,15)(H,11,12)(H,13,14)/p-2/t5-/m1/s1. The van der Waals surface area contributed by atoms with Gasteiger partial charge in [0, 0.05) is 12.4 Å². The van der Waals surface area contributed by atoms with Crippen molar-refractivity contribution in [2.75, 3.05) is 0 Å². The number of carbonyl (C=O) groups excluding carboxylic acids is 3. The van der Waals surface area contributed by atoms with Gasteiger partial charge < -0.3 is 29.9 Å². The third-order valence-corrected chi connectivity index (χ3v) is 1.35. The molecule has 0 unspecified atom stereocenters. The summed E-state index contributed by atoms with van der Waals surface area (Å²) in [5, 5.41) is 22.5. The normalized spacial score (nSPS) is 12.7. The molecule has 1 amide bonds. The molecule has 0 radical (unpaired) electrons. The third kappa shape index (κ3) is 6.63. The number of alkyl carbamates (subject to hydrolysis) is 1. The van der Waals surface area contributed by atoms with Gasteiger partial charge in [-0.05, 0) is 20.8 Å². The highest BCUT2D eigenvalue weighted by Crippen LogP contribution is 2.06. The summed E-state index contributed by atoms with van der Waals surface area (Å²) >= 11 is 0. The fourth-order valence-electron chi connectivity index (χ4n) is 0.810. The van der Waals surface area contributed by atoms with Crippen molar-refractivity contribution >= 4 is 18.0 Å². The highest BCUT2D eigenvalue weighted by atomic mass is 16.6. The second-order valence-electron chi connectivity index (χ2n) is 4.09. The summed E-state index contributed by atoms with van der Waals surface area (Å²) in [7, 11) is 0. The van der Waals surface area contributed by atoms with E-state index >= 15 is 0 Å². The number of hydrogen-bond acceptors (Lipinski definition) is 6. The van der Waals surface area contributed by atoms with Gasteiger partial charge in [-0.15, -0.1) is 0 Å². The molecule has 0 aliphatic heterocycles. The number of hydrogen-bond donors (Lipinski definition) is 1. The first-order valence-electron chi connectivity index (χ1n) is 4.52. The summed E-state index contributed by atoms with van der Waals surface area (Å²) in [6.07, 6.45) is -1.90. The van der Waals surface area contributed by atoms with Crippen LogP contribution in [0.5, 0.6) is 0 Å². The number of amides is 1. The molecule has 0 aromatic rings. The highest BCUT2D eigenvalue weighted by molar-refractivity contribution is 5.83. The molecule has 0 spiro atoms. The molecule has 16 heavy (non-hydrogen) atoms. The molecule has 1 atom stereocenters. The number of nitrogens with one attached hydrogen (secondary N) is 1. The number of aliphatic carboxylic acids is 2. The van der Waals surface area contributed by atoms with Crippen LogP contribution in [-0.4, -0.2) is 29.7 Å². The average molecular weight is 231 g/mol. The van der Waals surface area contributed by atoms with Gasteiger partial charge in [0.2, 0.25) is 0 Å². The minimum absolute atomic E-state index is 0.804. The Kier molecular flexibility index (Phi) is 4.74. The van der Waals surface area contributed by atoms with Crippen LogP contribution < -0.4 is 15.5 Å². The maximum atomic E-state index is 11.1. The molecule has 0 rings (SSSR count). The first kappa shape index (κ1) is 14.2. The lowest BCUT2D eigenvalue weighted by Crippen LogP contribution is -2.51. The molecule has 92 valence electrons. The number of ether oxygens (including phenoxy) is 1. The van der Waals surface area contributed by atoms with Gasteiger partial charge in [0.15, 0.2) is 0 Å². The van der Waals surface area contributed by atoms with Crippen LogP contribution in [0.15, 0.2) is 0 Å². The molecule has 0 aromatic heterocycles. The first-order chi connectivity index (χ1) is 7.11. The fraction of sp³-hybridized carbons (Fsp3) is 0.667. The van der Waals surface area contributed by atoms with Gasteiger partial charge >= 0.3 is 6.09 Å². The second kappa shape index (κ2) is 5.34. The minimum atomic E-state index is -1.71. The van der Waals surface area contributed by atoms with E-state index < -0.39 is 36.1 Å². The lowest BCUT2D eigenvalue weighted by molar-refractivity contribution is -0.317. The predicted octanol–water partition coefficient (Wildman–Crippen LogP) is -2.23. The summed E-state index contributed by atoms with van der Waals surface area (Å²) in [6.45, 7) is 4.75. The van der Waals surface area contributed by atoms with Crippen LogP contribution >= 0.6 is 0 Å². The van der Waals surface area contributed by atoms with E-state index in [-0.39, 0.29) is 0 Å². The average Bonchev–Trinajstić information content (AvgIpc) is 1.97. The Morgan fingerprint density at radius 1 is 1.25 bits per heavy atom. The topological polar surface area (TPSA) is 119 Å². The third-order valence-electron chi connectivity index (χ3n) is 1.35. The molecule has 1 N–H and O–H groups in total. The van der Waals surface area contributed by atoms with Crippen molar-refractivity contribution in [2.24, 2.45) is 0 Å². The van der Waals surface area contributed by atoms with Crippen LogP contribution in [0.25, 0.3) is 0 Å². The number of rotatable bonds is 4. The van der Waals surface area contributed by atoms with Crippen LogP contribution in [0.4, 0.5) is 4.79 Å². The van der Waals surface area contributed by atoms with Gasteiger partial charge in [-0.3, -0.25) is 0 Å². The van der Waals surface area contributed by atoms with Gasteiger partial charge in [0.1, 0.15) is 5.60 Å². The molecular weight excluding hydrogens is 218 g/mol. The zero-order valence-corrected chi connectivity index (χ0v) is 9.23. The molecule has 0 aliphatic rings. The van der Waals surface area contributed by atoms with Gasteiger partial charge in [-0.2, -0.15) is 0 Å². The summed E-state index contributed by atoms with van der Waals surface area (Å²) in [5.41, 5.74) is -0.804. The monoisotopic (exact) mass is 231 g/mol. The smallest absolute Gasteiger partial charge is 0.408 e. The van der Waals surface area contributed by atoms with E-state index in [9.17, 15) is 24.6 Å². The quantitative estimate of drug-likeness (QED) is 0.584. The van der Waals surface area contributed by atoms with Gasteiger partial charge in [-0.1, -0.05) is 0 Å². The van der Waals surface area contributed by atoms with Gasteiger partial charge in [0.05, 0.1) is 12.0 Å². The maximum Gasteiger partial charge on any atom is 0.408 e. The summed E-state index contributed by atoms with van der Waals surface area (Å²) in [5.74, 6) is -3.32. The zero-order valence-electron chi connectivity index (χ0n) is 9.23. The first-order valence-corrected chi connectivity index (χ1v) is 4.52. The van der Waals surface area contributed by atoms with E-state index in [1.807, 2.05) is 5.32 Å². The number of carboxylic acid groups (broad SMARTS) is 2. The minimum Gasteiger partial charge on any atom is -0.550 e. The molecule has 0 aliphatic carbocycles. The van der Waals surface area contributed by atoms with E-state index in [1.165, 1.54) is 0 Å². The molecular formula is C9H13NO6-2. The summed E-state index contributed by atoms with van der Waals surface area (Å²) in [6, 6.07) is -1.67. The van der Waals surface area contributed by atoms with Gasteiger partial charge in [0.25, 0.3) is 0 Å². The van der Waals surface area contributed by atoms with Crippen molar-refractivity contribution in [2.45, 2.75) is 38.8 Å². The Morgan fingerprint density at radius 2 is 1.75 bits per heavy atom. The molecule has 7 nitrogen and oxygen atoms in total. The van der Waals surface area contributed by atoms with Crippen LogP contribution in [0.1, 0.15) is 27.2 Å². The van der Waals surface area contributed by atoms with Crippen molar-refractivity contribution in [3.8, 4) is 0 Å². The van der Waals surface area contributed by atoms with Crippen LogP contribution in [-0.2, 0) is 14.3 Å². The Bertz CT molecular complexity index is 293. The van der Waals surface area contributed by atoms with Gasteiger partial charge in [-0.25, -0.2) is 4.79 Å². The lowest BCUT2D eigenvalue weighted by Gasteiger charge is -2.24. The zero-order chi connectivity index (χ0) is 12.9. The molecule has 0 aromatic carbocycles. The summed E-state index contributed by atoms with van der Waals surface area (Å²) in [4.78, 5) is 31.8. The van der Waals surface area contributed by atoms with Crippen molar-refractivity contribution < 1.29 is 29.3 Å². The van der Waals surface area contributed by atoms with E-state index in [0.717, 1.165) is 0 Å². The molecule has 0 bridgehead atoms. The summed E-state index contributed by atoms with van der Waals surface area (Å²) < 4.78 is 4.75. The van der Waals surface area contributed by atoms with E-state index in [2.05, 4.69) is 0 Å². The fourth-order valence-corrected chi connectivity index (χ4v) is 0.810. The SMILES string of the molecule is CC(C)(C)OC(=O)N[C@H](CC(=O)[O-])C(=O)[O-]. The number of carboxylic acids is 2. The molecule has 0 fully saturated rings. The van der Waals surface area contributed by atoms with Crippen LogP contribution in [0.2, 0.25) is 0 Å². The Hall–Kier alpha value is -1.79. The molecule has 0 saturated carbocycles. The van der Waals surface area contributed by atoms with Crippen molar-refractivity contribution in [3.63, 3.8) is 0 Å². The van der Waals surface area contributed by atoms with E-state index in [0.29, 0.717) is 0 Å². The van der Waals surface area contributed by atoms with Crippen molar-refractivity contribution in [1.29, 1.82) is 0 Å². The molecule has 0 heterocycles. The van der Waals surface area contributed by atoms with Crippen LogP contribution in [0, 0.1) is 0 Å². The number of carbonyl (C=O) groups is 3. The molecule has 7 heteroatoms. The Labute approximate surface area is 92.4 Å². The van der Waals surface area contributed by atoms with Crippen LogP contribution in [0.3, 0.4) is 0 Å². The van der Waals surface area contributed by atoms with Crippen molar-refractivity contribution in [3.05, 3.63) is 0 Å². The van der Waals surface area contributed by atoms with Crippen molar-refractivity contribution in [1.82, 2.24) is 5.32 Å². The maximum absolute atomic E-state index is 11.1. The van der Waals surface area contributed by atoms with E-state index in [4.69, 9.17) is 4.74 Å². The predicted molar refractivity (Wildman–Crippen MR) is 47.8 cm³/mol. The Morgan fingerprint density at radius 3 is 2.06 bits per heavy atom. The lowest BCUT2D eigenvalue weighted by atomic mass is 10.2. The highest BCUT2D eigenvalue weighted by Gasteiger charge is 2.20. The molecule has 0 saturated heterocycles. The van der Waals surface area contributed by atoms with E-state index in [1.54, 1.807) is 20.8 Å². The Balaban J connectivity index is 4.35.